The fourth-order valence-electron chi connectivity index (χ4n) is 2.61. The van der Waals surface area contributed by atoms with Crippen LogP contribution < -0.4 is 5.32 Å². The molecule has 2 N–H and O–H groups in total. The molecule has 0 aromatic carbocycles. The highest BCUT2D eigenvalue weighted by atomic mass is 16.5. The summed E-state index contributed by atoms with van der Waals surface area (Å²) in [5, 5.41) is 12.1. The van der Waals surface area contributed by atoms with Crippen molar-refractivity contribution in [3.05, 3.63) is 40.8 Å². The van der Waals surface area contributed by atoms with Crippen molar-refractivity contribution < 1.29 is 19.1 Å². The van der Waals surface area contributed by atoms with E-state index in [2.05, 4.69) is 16.4 Å². The summed E-state index contributed by atoms with van der Waals surface area (Å²) in [7, 11) is 1.62. The number of nitrogens with zero attached hydrogens (tertiary/aromatic N) is 2. The number of amides is 1. The van der Waals surface area contributed by atoms with Crippen LogP contribution in [0.15, 0.2) is 18.3 Å². The summed E-state index contributed by atoms with van der Waals surface area (Å²) in [6, 6.07) is 5.35. The highest BCUT2D eigenvalue weighted by Gasteiger charge is 2.20. The Balaban J connectivity index is 2.09. The minimum absolute atomic E-state index is 0.269. The number of aromatic nitrogens is 2. The van der Waals surface area contributed by atoms with Gasteiger partial charge >= 0.3 is 5.97 Å². The third-order valence-electron chi connectivity index (χ3n) is 4.08. The number of methoxy groups -OCH3 is 1. The largest absolute Gasteiger partial charge is 0.451 e. The molecule has 0 fully saturated rings. The molecule has 138 valence electrons. The summed E-state index contributed by atoms with van der Waals surface area (Å²) < 4.78 is 11.9. The molecule has 0 radical (unpaired) electrons. The number of nitriles is 1. The molecule has 0 aliphatic carbocycles. The molecule has 2 heterocycles. The maximum Gasteiger partial charge on any atom is 0.355 e. The van der Waals surface area contributed by atoms with Gasteiger partial charge < -0.3 is 24.3 Å². The van der Waals surface area contributed by atoms with Gasteiger partial charge in [-0.3, -0.25) is 4.79 Å². The second-order valence-electron chi connectivity index (χ2n) is 5.75. The zero-order valence-electron chi connectivity index (χ0n) is 15.1. The normalized spacial score (nSPS) is 10.4. The summed E-state index contributed by atoms with van der Waals surface area (Å²) in [6.07, 6.45) is 2.33. The molecule has 2 aromatic heterocycles. The summed E-state index contributed by atoms with van der Waals surface area (Å²) in [6.45, 7) is 4.45. The van der Waals surface area contributed by atoms with Crippen LogP contribution in [-0.4, -0.2) is 41.8 Å². The molecular weight excluding hydrogens is 336 g/mol. The average Bonchev–Trinajstić information content (AvgIpc) is 3.23. The fourth-order valence-corrected chi connectivity index (χ4v) is 2.61. The SMILES string of the molecule is COCCCn1c(C)c(C)c(C#N)c1NC(=O)COC(=O)c1ccc[nH]1. The first-order valence-corrected chi connectivity index (χ1v) is 8.18. The Bertz CT molecular complexity index is 815. The topological polar surface area (TPSA) is 109 Å². The van der Waals surface area contributed by atoms with Crippen LogP contribution in [-0.2, 0) is 20.8 Å². The quantitative estimate of drug-likeness (QED) is 0.555. The molecule has 26 heavy (non-hydrogen) atoms. The molecule has 0 bridgehead atoms. The second kappa shape index (κ2) is 8.87. The zero-order chi connectivity index (χ0) is 19.1. The van der Waals surface area contributed by atoms with Crippen molar-refractivity contribution in [3.8, 4) is 6.07 Å². The van der Waals surface area contributed by atoms with Gasteiger partial charge in [0.05, 0.1) is 5.56 Å². The number of hydrogen-bond donors (Lipinski definition) is 2. The summed E-state index contributed by atoms with van der Waals surface area (Å²) in [5.74, 6) is -0.708. The van der Waals surface area contributed by atoms with Crippen LogP contribution in [0.1, 0.15) is 33.7 Å². The predicted octanol–water partition coefficient (Wildman–Crippen LogP) is 2.14. The van der Waals surface area contributed by atoms with Gasteiger partial charge in [-0.05, 0) is 38.0 Å². The Kier molecular flexibility index (Phi) is 6.58. The number of carbonyl (C=O) groups is 2. The number of rotatable bonds is 8. The van der Waals surface area contributed by atoms with Crippen molar-refractivity contribution in [2.45, 2.75) is 26.8 Å². The van der Waals surface area contributed by atoms with E-state index < -0.39 is 18.5 Å². The molecule has 0 spiro atoms. The average molecular weight is 358 g/mol. The number of aromatic amines is 1. The highest BCUT2D eigenvalue weighted by molar-refractivity contribution is 5.95. The van der Waals surface area contributed by atoms with Gasteiger partial charge in [-0.25, -0.2) is 4.79 Å². The highest BCUT2D eigenvalue weighted by Crippen LogP contribution is 2.26. The number of ether oxygens (including phenoxy) is 2. The van der Waals surface area contributed by atoms with Gasteiger partial charge in [0.15, 0.2) is 6.61 Å². The first kappa shape index (κ1) is 19.3. The monoisotopic (exact) mass is 358 g/mol. The Morgan fingerprint density at radius 3 is 2.77 bits per heavy atom. The second-order valence-corrected chi connectivity index (χ2v) is 5.75. The molecule has 0 aliphatic heterocycles. The van der Waals surface area contributed by atoms with Crippen LogP contribution in [0, 0.1) is 25.2 Å². The van der Waals surface area contributed by atoms with E-state index in [0.29, 0.717) is 24.5 Å². The van der Waals surface area contributed by atoms with Crippen LogP contribution >= 0.6 is 0 Å². The molecular formula is C18H22N4O4. The van der Waals surface area contributed by atoms with Crippen LogP contribution in [0.25, 0.3) is 0 Å². The lowest BCUT2D eigenvalue weighted by molar-refractivity contribution is -0.119. The van der Waals surface area contributed by atoms with Crippen LogP contribution in [0.4, 0.5) is 5.82 Å². The van der Waals surface area contributed by atoms with E-state index in [4.69, 9.17) is 9.47 Å². The van der Waals surface area contributed by atoms with E-state index in [-0.39, 0.29) is 5.69 Å². The van der Waals surface area contributed by atoms with Crippen LogP contribution in [0.5, 0.6) is 0 Å². The predicted molar refractivity (Wildman–Crippen MR) is 94.8 cm³/mol. The number of nitrogens with one attached hydrogen (secondary N) is 2. The smallest absolute Gasteiger partial charge is 0.355 e. The van der Waals surface area contributed by atoms with Crippen LogP contribution in [0.3, 0.4) is 0 Å². The van der Waals surface area contributed by atoms with E-state index >= 15 is 0 Å². The van der Waals surface area contributed by atoms with Crippen LogP contribution in [0.2, 0.25) is 0 Å². The Morgan fingerprint density at radius 1 is 1.38 bits per heavy atom. The van der Waals surface area contributed by atoms with Crippen molar-refractivity contribution in [3.63, 3.8) is 0 Å². The summed E-state index contributed by atoms with van der Waals surface area (Å²) >= 11 is 0. The van der Waals surface area contributed by atoms with Gasteiger partial charge in [-0.2, -0.15) is 5.26 Å². The minimum Gasteiger partial charge on any atom is -0.451 e. The lowest BCUT2D eigenvalue weighted by atomic mass is 10.2. The Morgan fingerprint density at radius 2 is 2.15 bits per heavy atom. The maximum absolute atomic E-state index is 12.2. The van der Waals surface area contributed by atoms with E-state index in [1.165, 1.54) is 0 Å². The molecule has 0 aliphatic rings. The number of esters is 1. The van der Waals surface area contributed by atoms with Crippen molar-refractivity contribution >= 4 is 17.7 Å². The summed E-state index contributed by atoms with van der Waals surface area (Å²) in [4.78, 5) is 26.7. The van der Waals surface area contributed by atoms with E-state index in [0.717, 1.165) is 17.7 Å². The van der Waals surface area contributed by atoms with E-state index in [9.17, 15) is 14.9 Å². The first-order valence-electron chi connectivity index (χ1n) is 8.18. The fraction of sp³-hybridized carbons (Fsp3) is 0.389. The number of H-pyrrole nitrogens is 1. The molecule has 8 heteroatoms. The first-order chi connectivity index (χ1) is 12.5. The van der Waals surface area contributed by atoms with Gasteiger partial charge in [0.1, 0.15) is 17.6 Å². The number of hydrogen-bond acceptors (Lipinski definition) is 5. The minimum atomic E-state index is -0.617. The Hall–Kier alpha value is -3.05. The summed E-state index contributed by atoms with van der Waals surface area (Å²) in [5.41, 5.74) is 2.38. The van der Waals surface area contributed by atoms with Crippen molar-refractivity contribution in [1.82, 2.24) is 9.55 Å². The van der Waals surface area contributed by atoms with Crippen molar-refractivity contribution in [1.29, 1.82) is 5.26 Å². The standard InChI is InChI=1S/C18H22N4O4/c1-12-13(2)22(8-5-9-25-3)17(14(12)10-19)21-16(23)11-26-18(24)15-6-4-7-20-15/h4,6-7,20H,5,8-9,11H2,1-3H3,(H,21,23). The van der Waals surface area contributed by atoms with E-state index in [1.807, 2.05) is 18.4 Å². The third-order valence-corrected chi connectivity index (χ3v) is 4.08. The lowest BCUT2D eigenvalue weighted by Crippen LogP contribution is -2.23. The molecule has 0 atom stereocenters. The van der Waals surface area contributed by atoms with Crippen molar-refractivity contribution in [2.75, 3.05) is 25.6 Å². The third kappa shape index (κ3) is 4.32. The zero-order valence-corrected chi connectivity index (χ0v) is 15.1. The molecule has 2 aromatic rings. The van der Waals surface area contributed by atoms with Gasteiger partial charge in [-0.15, -0.1) is 0 Å². The van der Waals surface area contributed by atoms with Gasteiger partial charge in [0.2, 0.25) is 0 Å². The van der Waals surface area contributed by atoms with Crippen molar-refractivity contribution in [2.24, 2.45) is 0 Å². The lowest BCUT2D eigenvalue weighted by Gasteiger charge is -2.13. The Labute approximate surface area is 151 Å². The molecule has 2 rings (SSSR count). The van der Waals surface area contributed by atoms with E-state index in [1.54, 1.807) is 25.4 Å². The van der Waals surface area contributed by atoms with Gasteiger partial charge in [0, 0.05) is 32.2 Å². The van der Waals surface area contributed by atoms with Gasteiger partial charge in [0.25, 0.3) is 5.91 Å². The molecule has 0 saturated carbocycles. The number of anilines is 1. The number of carbonyl (C=O) groups excluding carboxylic acids is 2. The molecule has 0 saturated heterocycles. The molecule has 8 nitrogen and oxygen atoms in total. The molecule has 1 amide bonds. The van der Waals surface area contributed by atoms with Gasteiger partial charge in [-0.1, -0.05) is 0 Å². The molecule has 0 unspecified atom stereocenters. The maximum atomic E-state index is 12.2.